The lowest BCUT2D eigenvalue weighted by atomic mass is 10.1. The van der Waals surface area contributed by atoms with Crippen LogP contribution in [0, 0.1) is 5.41 Å². The smallest absolute Gasteiger partial charge is 0.183 e. The summed E-state index contributed by atoms with van der Waals surface area (Å²) in [6.07, 6.45) is 5.11. The van der Waals surface area contributed by atoms with E-state index < -0.39 is 0 Å². The van der Waals surface area contributed by atoms with Gasteiger partial charge in [0.15, 0.2) is 17.3 Å². The first kappa shape index (κ1) is 19.1. The molecule has 4 N–H and O–H groups in total. The van der Waals surface area contributed by atoms with Gasteiger partial charge >= 0.3 is 0 Å². The van der Waals surface area contributed by atoms with E-state index in [1.165, 1.54) is 0 Å². The molecule has 4 heterocycles. The quantitative estimate of drug-likeness (QED) is 0.666. The van der Waals surface area contributed by atoms with Gasteiger partial charge in [0.1, 0.15) is 11.5 Å². The molecule has 152 valence electrons. The number of anilines is 1. The van der Waals surface area contributed by atoms with Gasteiger partial charge in [-0.15, -0.1) is 0 Å². The minimum Gasteiger partial charge on any atom is -0.396 e. The van der Waals surface area contributed by atoms with Crippen LogP contribution in [0.4, 0.5) is 11.5 Å². The van der Waals surface area contributed by atoms with Crippen LogP contribution in [0.5, 0.6) is 0 Å². The number of nitrogens with zero attached hydrogens (tertiary/aromatic N) is 7. The zero-order chi connectivity index (χ0) is 20.6. The Hall–Kier alpha value is -3.27. The van der Waals surface area contributed by atoms with Crippen LogP contribution >= 0.6 is 0 Å². The minimum absolute atomic E-state index is 0.320. The van der Waals surface area contributed by atoms with Crippen LogP contribution in [-0.4, -0.2) is 88.2 Å². The fourth-order valence-corrected chi connectivity index (χ4v) is 3.39. The maximum Gasteiger partial charge on any atom is 0.183 e. The van der Waals surface area contributed by atoms with Gasteiger partial charge in [0.2, 0.25) is 0 Å². The summed E-state index contributed by atoms with van der Waals surface area (Å²) in [4.78, 5) is 16.0. The highest BCUT2D eigenvalue weighted by Crippen LogP contribution is 2.22. The highest BCUT2D eigenvalue weighted by molar-refractivity contribution is 6.48. The second-order valence-electron chi connectivity index (χ2n) is 7.90. The number of aromatic nitrogens is 3. The molecule has 0 unspecified atom stereocenters. The van der Waals surface area contributed by atoms with Crippen molar-refractivity contribution in [1.29, 1.82) is 5.41 Å². The first-order valence-electron chi connectivity index (χ1n) is 9.75. The van der Waals surface area contributed by atoms with Crippen LogP contribution in [0.15, 0.2) is 40.2 Å². The first-order valence-corrected chi connectivity index (χ1v) is 9.75. The summed E-state index contributed by atoms with van der Waals surface area (Å²) in [5.41, 5.74) is 8.04. The summed E-state index contributed by atoms with van der Waals surface area (Å²) in [5.74, 6) is 1.77. The number of likely N-dealkylation sites (N-methyl/N-ethyl adjacent to an activating group) is 1. The SMILES string of the molecule is CCNc1ccn2ncc(/N=C3\N=C(N4CC[N+](C)(C)CC4)C(=N)C=C3N)c2n1. The molecule has 0 saturated carbocycles. The number of hydrogen-bond donors (Lipinski definition) is 3. The topological polar surface area (TPSA) is 120 Å². The van der Waals surface area contributed by atoms with Gasteiger partial charge in [-0.05, 0) is 19.1 Å². The third kappa shape index (κ3) is 3.83. The molecule has 0 amide bonds. The van der Waals surface area contributed by atoms with Crippen LogP contribution in [0.3, 0.4) is 0 Å². The average molecular weight is 395 g/mol. The normalized spacial score (nSPS) is 20.7. The predicted octanol–water partition coefficient (Wildman–Crippen LogP) is 0.858. The van der Waals surface area contributed by atoms with E-state index in [0.29, 0.717) is 34.4 Å². The second-order valence-corrected chi connectivity index (χ2v) is 7.90. The van der Waals surface area contributed by atoms with Gasteiger partial charge in [-0.2, -0.15) is 5.10 Å². The van der Waals surface area contributed by atoms with Crippen molar-refractivity contribution < 1.29 is 4.48 Å². The van der Waals surface area contributed by atoms with Crippen LogP contribution in [0.1, 0.15) is 6.92 Å². The molecule has 10 nitrogen and oxygen atoms in total. The molecule has 0 radical (unpaired) electrons. The molecule has 0 aromatic carbocycles. The van der Waals surface area contributed by atoms with Gasteiger partial charge in [0.25, 0.3) is 0 Å². The highest BCUT2D eigenvalue weighted by atomic mass is 15.4. The molecule has 10 heteroatoms. The number of nitrogens with two attached hydrogens (primary N) is 1. The Labute approximate surface area is 169 Å². The van der Waals surface area contributed by atoms with Gasteiger partial charge in [-0.25, -0.2) is 19.5 Å². The van der Waals surface area contributed by atoms with Crippen molar-refractivity contribution in [1.82, 2.24) is 19.5 Å². The molecule has 4 rings (SSSR count). The summed E-state index contributed by atoms with van der Waals surface area (Å²) in [5, 5.41) is 15.8. The van der Waals surface area contributed by atoms with E-state index in [9.17, 15) is 0 Å². The van der Waals surface area contributed by atoms with Crippen LogP contribution < -0.4 is 11.1 Å². The van der Waals surface area contributed by atoms with Gasteiger partial charge in [-0.1, -0.05) is 0 Å². The Morgan fingerprint density at radius 1 is 1.31 bits per heavy atom. The molecule has 29 heavy (non-hydrogen) atoms. The lowest BCUT2D eigenvalue weighted by Crippen LogP contribution is -2.57. The fraction of sp³-hybridized carbons (Fsp3) is 0.421. The monoisotopic (exact) mass is 395 g/mol. The second kappa shape index (κ2) is 7.28. The number of fused-ring (bicyclic) bond motifs is 1. The molecule has 2 aromatic heterocycles. The van der Waals surface area contributed by atoms with E-state index in [1.54, 1.807) is 16.8 Å². The van der Waals surface area contributed by atoms with Crippen molar-refractivity contribution in [3.05, 3.63) is 30.2 Å². The summed E-state index contributed by atoms with van der Waals surface area (Å²) >= 11 is 0. The van der Waals surface area contributed by atoms with E-state index >= 15 is 0 Å². The van der Waals surface area contributed by atoms with Gasteiger partial charge in [0, 0.05) is 12.7 Å². The molecule has 1 fully saturated rings. The number of rotatable bonds is 3. The largest absolute Gasteiger partial charge is 0.396 e. The molecule has 2 aromatic rings. The molecule has 0 spiro atoms. The highest BCUT2D eigenvalue weighted by Gasteiger charge is 2.29. The number of hydrogen-bond acceptors (Lipinski definition) is 7. The molecular weight excluding hydrogens is 368 g/mol. The van der Waals surface area contributed by atoms with Crippen molar-refractivity contribution in [2.75, 3.05) is 52.1 Å². The molecule has 0 atom stereocenters. The first-order chi connectivity index (χ1) is 13.9. The molecule has 0 aliphatic carbocycles. The van der Waals surface area contributed by atoms with Gasteiger partial charge in [-0.3, -0.25) is 5.41 Å². The summed E-state index contributed by atoms with van der Waals surface area (Å²) < 4.78 is 2.64. The van der Waals surface area contributed by atoms with E-state index in [4.69, 9.17) is 11.1 Å². The third-order valence-electron chi connectivity index (χ3n) is 5.20. The summed E-state index contributed by atoms with van der Waals surface area (Å²) in [6, 6.07) is 1.86. The van der Waals surface area contributed by atoms with Crippen LogP contribution in [-0.2, 0) is 0 Å². The lowest BCUT2D eigenvalue weighted by Gasteiger charge is -2.40. The number of quaternary nitrogens is 1. The predicted molar refractivity (Wildman–Crippen MR) is 115 cm³/mol. The van der Waals surface area contributed by atoms with Crippen LogP contribution in [0.25, 0.3) is 5.65 Å². The van der Waals surface area contributed by atoms with Crippen LogP contribution in [0.2, 0.25) is 0 Å². The number of aliphatic imine (C=N–C) groups is 2. The summed E-state index contributed by atoms with van der Waals surface area (Å²) in [7, 11) is 4.44. The van der Waals surface area contributed by atoms with Gasteiger partial charge < -0.3 is 20.4 Å². The number of nitrogens with one attached hydrogen (secondary N) is 2. The molecular formula is C19H27N10+. The Balaban J connectivity index is 1.68. The van der Waals surface area contributed by atoms with Crippen molar-refractivity contribution in [3.63, 3.8) is 0 Å². The fourth-order valence-electron chi connectivity index (χ4n) is 3.39. The minimum atomic E-state index is 0.320. The van der Waals surface area contributed by atoms with Crippen molar-refractivity contribution in [2.45, 2.75) is 6.92 Å². The standard InChI is InChI=1S/C19H27N10/c1-4-22-16-5-6-28-19(25-16)15(12-23-28)24-17-13(20)11-14(21)18(26-17)27-7-9-29(2,3)10-8-27/h5-6,11-12,21H,4,7-10,20H2,1-3H3,(H,22,25)/q+1/b21-14?,24-17-. The lowest BCUT2D eigenvalue weighted by molar-refractivity contribution is -0.894. The molecule has 2 aliphatic rings. The van der Waals surface area contributed by atoms with E-state index in [-0.39, 0.29) is 0 Å². The van der Waals surface area contributed by atoms with Crippen molar-refractivity contribution in [3.8, 4) is 0 Å². The third-order valence-corrected chi connectivity index (χ3v) is 5.20. The van der Waals surface area contributed by atoms with Crippen molar-refractivity contribution >= 4 is 34.5 Å². The Kier molecular flexibility index (Phi) is 4.79. The Bertz CT molecular complexity index is 1030. The summed E-state index contributed by atoms with van der Waals surface area (Å²) in [6.45, 7) is 6.49. The number of piperazine rings is 1. The van der Waals surface area contributed by atoms with Gasteiger partial charge in [0.05, 0.1) is 57.9 Å². The van der Waals surface area contributed by atoms with Crippen molar-refractivity contribution in [2.24, 2.45) is 15.7 Å². The number of amidine groups is 2. The maximum atomic E-state index is 8.33. The Morgan fingerprint density at radius 3 is 2.79 bits per heavy atom. The van der Waals surface area contributed by atoms with E-state index in [0.717, 1.165) is 43.0 Å². The zero-order valence-electron chi connectivity index (χ0n) is 17.1. The molecule has 1 saturated heterocycles. The van der Waals surface area contributed by atoms with E-state index in [2.05, 4.69) is 44.4 Å². The average Bonchev–Trinajstić information content (AvgIpc) is 3.07. The molecule has 0 bridgehead atoms. The Morgan fingerprint density at radius 2 is 2.07 bits per heavy atom. The van der Waals surface area contributed by atoms with E-state index in [1.807, 2.05) is 19.2 Å². The zero-order valence-corrected chi connectivity index (χ0v) is 17.1. The molecule has 2 aliphatic heterocycles. The number of dihydropyridines is 1. The maximum absolute atomic E-state index is 8.33.